The van der Waals surface area contributed by atoms with E-state index in [1.54, 1.807) is 0 Å². The zero-order valence-electron chi connectivity index (χ0n) is 16.3. The molecule has 0 saturated carbocycles. The molecule has 8 heteroatoms. The molecule has 1 aliphatic rings. The van der Waals surface area contributed by atoms with Gasteiger partial charge in [-0.3, -0.25) is 4.79 Å². The number of nitrogens with one attached hydrogen (secondary N) is 1. The maximum atomic E-state index is 12.8. The molecule has 0 aromatic heterocycles. The van der Waals surface area contributed by atoms with Crippen LogP contribution in [0.2, 0.25) is 0 Å². The van der Waals surface area contributed by atoms with Crippen LogP contribution in [0.1, 0.15) is 33.2 Å². The van der Waals surface area contributed by atoms with Gasteiger partial charge in [0.15, 0.2) is 23.7 Å². The molecule has 0 radical (unpaired) electrons. The van der Waals surface area contributed by atoms with E-state index in [-0.39, 0.29) is 40.5 Å². The number of benzene rings is 3. The van der Waals surface area contributed by atoms with Crippen LogP contribution >= 0.6 is 0 Å². The lowest BCUT2D eigenvalue weighted by Crippen LogP contribution is -2.36. The number of aliphatic hydroxyl groups is 1. The van der Waals surface area contributed by atoms with Crippen molar-refractivity contribution < 1.29 is 35.1 Å². The molecule has 31 heavy (non-hydrogen) atoms. The number of hydrogen-bond acceptors (Lipinski definition) is 8. The van der Waals surface area contributed by atoms with Gasteiger partial charge in [0, 0.05) is 19.2 Å². The molecular weight excluding hydrogens is 402 g/mol. The number of hydrogen-bond donors (Lipinski definition) is 6. The second kappa shape index (κ2) is 8.17. The van der Waals surface area contributed by atoms with Crippen molar-refractivity contribution in [2.75, 3.05) is 0 Å². The molecule has 4 rings (SSSR count). The Labute approximate surface area is 177 Å². The summed E-state index contributed by atoms with van der Waals surface area (Å²) in [5.41, 5.74) is 1.14. The summed E-state index contributed by atoms with van der Waals surface area (Å²) in [5.74, 6) is -2.39. The Hall–Kier alpha value is -3.75. The number of carbonyl (C=O) groups is 1. The normalized spacial score (nSPS) is 17.8. The summed E-state index contributed by atoms with van der Waals surface area (Å²) in [7, 11) is 0. The van der Waals surface area contributed by atoms with Gasteiger partial charge in [-0.05, 0) is 23.3 Å². The number of phenols is 4. The monoisotopic (exact) mass is 423 g/mol. The Bertz CT molecular complexity index is 1130. The predicted molar refractivity (Wildman–Crippen MR) is 110 cm³/mol. The van der Waals surface area contributed by atoms with Crippen LogP contribution in [0, 0.1) is 0 Å². The second-order valence-corrected chi connectivity index (χ2v) is 7.28. The highest BCUT2D eigenvalue weighted by molar-refractivity contribution is 6.06. The Morgan fingerprint density at radius 2 is 1.61 bits per heavy atom. The third kappa shape index (κ3) is 3.86. The first-order valence-electron chi connectivity index (χ1n) is 9.60. The Morgan fingerprint density at radius 3 is 2.32 bits per heavy atom. The summed E-state index contributed by atoms with van der Waals surface area (Å²) >= 11 is 0. The third-order valence-electron chi connectivity index (χ3n) is 5.20. The first-order valence-corrected chi connectivity index (χ1v) is 9.60. The lowest BCUT2D eigenvalue weighted by atomic mass is 9.91. The molecule has 8 nitrogen and oxygen atoms in total. The minimum Gasteiger partial charge on any atom is -0.507 e. The number of ether oxygens (including phenoxy) is 1. The summed E-state index contributed by atoms with van der Waals surface area (Å²) in [6, 6.07) is 14.5. The van der Waals surface area contributed by atoms with Gasteiger partial charge in [-0.25, -0.2) is 0 Å². The van der Waals surface area contributed by atoms with Gasteiger partial charge >= 0.3 is 0 Å². The van der Waals surface area contributed by atoms with Crippen molar-refractivity contribution >= 4 is 5.78 Å². The minimum absolute atomic E-state index is 0.0818. The number of carbonyl (C=O) groups excluding carboxylic acids is 1. The maximum absolute atomic E-state index is 12.8. The van der Waals surface area contributed by atoms with Gasteiger partial charge in [0.05, 0.1) is 5.56 Å². The summed E-state index contributed by atoms with van der Waals surface area (Å²) in [5, 5.41) is 53.8. The van der Waals surface area contributed by atoms with E-state index < -0.39 is 29.5 Å². The van der Waals surface area contributed by atoms with E-state index in [0.29, 0.717) is 6.54 Å². The molecule has 0 amide bonds. The fraction of sp³-hybridized carbons (Fsp3) is 0.174. The molecule has 0 fully saturated rings. The smallest absolute Gasteiger partial charge is 0.202 e. The highest BCUT2D eigenvalue weighted by Gasteiger charge is 2.40. The topological polar surface area (TPSA) is 139 Å². The molecule has 0 saturated heterocycles. The van der Waals surface area contributed by atoms with E-state index in [0.717, 1.165) is 5.56 Å². The zero-order valence-corrected chi connectivity index (χ0v) is 16.3. The van der Waals surface area contributed by atoms with Gasteiger partial charge in [0.1, 0.15) is 22.8 Å². The molecule has 0 bridgehead atoms. The average Bonchev–Trinajstić information content (AvgIpc) is 2.75. The van der Waals surface area contributed by atoms with Crippen LogP contribution in [0.15, 0.2) is 54.6 Å². The standard InChI is InChI=1S/C23H21NO7/c25-15-7-6-13(8-17(15)27)23-22(30)21(29)19-18(31-23)9-16(26)14(20(19)28)11-24-10-12-4-2-1-3-5-12/h1-9,22-28,30H,10-11H2. The molecule has 2 unspecified atom stereocenters. The Morgan fingerprint density at radius 1 is 0.871 bits per heavy atom. The summed E-state index contributed by atoms with van der Waals surface area (Å²) in [4.78, 5) is 12.8. The fourth-order valence-corrected chi connectivity index (χ4v) is 3.56. The SMILES string of the molecule is O=C1c2c(cc(O)c(CNCc3ccccc3)c2O)OC(c2ccc(O)c(O)c2)C1O. The summed E-state index contributed by atoms with van der Waals surface area (Å²) in [6.07, 6.45) is -2.84. The largest absolute Gasteiger partial charge is 0.507 e. The molecule has 1 aliphatic heterocycles. The Balaban J connectivity index is 1.61. The fourth-order valence-electron chi connectivity index (χ4n) is 3.56. The van der Waals surface area contributed by atoms with Crippen molar-refractivity contribution in [1.29, 1.82) is 0 Å². The molecular formula is C23H21NO7. The third-order valence-corrected chi connectivity index (χ3v) is 5.20. The van der Waals surface area contributed by atoms with E-state index in [1.807, 2.05) is 30.3 Å². The van der Waals surface area contributed by atoms with Crippen LogP contribution in [0.3, 0.4) is 0 Å². The molecule has 0 spiro atoms. The molecule has 1 heterocycles. The van der Waals surface area contributed by atoms with Crippen LogP contribution in [0.5, 0.6) is 28.7 Å². The van der Waals surface area contributed by atoms with Gasteiger partial charge < -0.3 is 35.6 Å². The molecule has 3 aromatic carbocycles. The maximum Gasteiger partial charge on any atom is 0.202 e. The molecule has 160 valence electrons. The van der Waals surface area contributed by atoms with Crippen molar-refractivity contribution in [3.05, 3.63) is 76.9 Å². The molecule has 3 aromatic rings. The summed E-state index contributed by atoms with van der Waals surface area (Å²) in [6.45, 7) is 0.564. The van der Waals surface area contributed by atoms with Crippen LogP contribution in [0.25, 0.3) is 0 Å². The molecule has 2 atom stereocenters. The van der Waals surface area contributed by atoms with Gasteiger partial charge in [-0.2, -0.15) is 0 Å². The van der Waals surface area contributed by atoms with Gasteiger partial charge in [-0.15, -0.1) is 0 Å². The molecule has 0 aliphatic carbocycles. The highest BCUT2D eigenvalue weighted by atomic mass is 16.5. The van der Waals surface area contributed by atoms with Crippen LogP contribution in [-0.4, -0.2) is 37.4 Å². The van der Waals surface area contributed by atoms with Crippen molar-refractivity contribution in [2.24, 2.45) is 0 Å². The number of rotatable bonds is 5. The van der Waals surface area contributed by atoms with Crippen molar-refractivity contribution in [1.82, 2.24) is 5.32 Å². The summed E-state index contributed by atoms with van der Waals surface area (Å²) < 4.78 is 5.68. The van der Waals surface area contributed by atoms with Crippen LogP contribution < -0.4 is 10.1 Å². The van der Waals surface area contributed by atoms with Gasteiger partial charge in [0.2, 0.25) is 5.78 Å². The number of aromatic hydroxyl groups is 4. The van der Waals surface area contributed by atoms with E-state index in [9.17, 15) is 30.3 Å². The number of phenolic OH excluding ortho intramolecular Hbond substituents is 4. The number of ketones is 1. The number of Topliss-reactive ketones (excluding diaryl/α,β-unsaturated/α-hetero) is 1. The lowest BCUT2D eigenvalue weighted by molar-refractivity contribution is 0.0209. The number of aliphatic hydroxyl groups excluding tert-OH is 1. The van der Waals surface area contributed by atoms with Gasteiger partial charge in [0.25, 0.3) is 0 Å². The quantitative estimate of drug-likeness (QED) is 0.344. The minimum atomic E-state index is -1.66. The van der Waals surface area contributed by atoms with Crippen LogP contribution in [0.4, 0.5) is 0 Å². The van der Waals surface area contributed by atoms with Crippen molar-refractivity contribution in [3.8, 4) is 28.7 Å². The predicted octanol–water partition coefficient (Wildman–Crippen LogP) is 2.48. The van der Waals surface area contributed by atoms with E-state index >= 15 is 0 Å². The average molecular weight is 423 g/mol. The van der Waals surface area contributed by atoms with E-state index in [1.165, 1.54) is 24.3 Å². The van der Waals surface area contributed by atoms with Crippen LogP contribution in [-0.2, 0) is 13.1 Å². The first kappa shape index (κ1) is 20.5. The molecule has 6 N–H and O–H groups in total. The van der Waals surface area contributed by atoms with Crippen molar-refractivity contribution in [3.63, 3.8) is 0 Å². The van der Waals surface area contributed by atoms with E-state index in [4.69, 9.17) is 4.74 Å². The highest BCUT2D eigenvalue weighted by Crippen LogP contribution is 2.45. The second-order valence-electron chi connectivity index (χ2n) is 7.28. The lowest BCUT2D eigenvalue weighted by Gasteiger charge is -2.31. The Kier molecular flexibility index (Phi) is 5.41. The number of fused-ring (bicyclic) bond motifs is 1. The zero-order chi connectivity index (χ0) is 22.1. The van der Waals surface area contributed by atoms with E-state index in [2.05, 4.69) is 5.32 Å². The first-order chi connectivity index (χ1) is 14.9. The van der Waals surface area contributed by atoms with Gasteiger partial charge in [-0.1, -0.05) is 36.4 Å². The van der Waals surface area contributed by atoms with Crippen molar-refractivity contribution in [2.45, 2.75) is 25.3 Å².